The van der Waals surface area contributed by atoms with Gasteiger partial charge in [0.2, 0.25) is 0 Å². The number of benzene rings is 1. The SMILES string of the molecule is CCOC(=O)C(NC1CCCCC1)c1cccc(C)c1. The summed E-state index contributed by atoms with van der Waals surface area (Å²) >= 11 is 0. The molecule has 1 aromatic carbocycles. The van der Waals surface area contributed by atoms with Crippen LogP contribution in [0.1, 0.15) is 56.2 Å². The van der Waals surface area contributed by atoms with Crippen LogP contribution in [0, 0.1) is 6.92 Å². The highest BCUT2D eigenvalue weighted by Gasteiger charge is 2.25. The molecule has 1 aliphatic rings. The van der Waals surface area contributed by atoms with E-state index in [1.807, 2.05) is 32.0 Å². The van der Waals surface area contributed by atoms with Gasteiger partial charge in [0, 0.05) is 6.04 Å². The van der Waals surface area contributed by atoms with E-state index in [-0.39, 0.29) is 12.0 Å². The van der Waals surface area contributed by atoms with Gasteiger partial charge in [-0.1, -0.05) is 49.1 Å². The number of esters is 1. The van der Waals surface area contributed by atoms with E-state index in [9.17, 15) is 4.79 Å². The van der Waals surface area contributed by atoms with E-state index in [2.05, 4.69) is 11.4 Å². The lowest BCUT2D eigenvalue weighted by molar-refractivity contribution is -0.146. The van der Waals surface area contributed by atoms with Crippen molar-refractivity contribution in [2.24, 2.45) is 0 Å². The molecule has 1 saturated carbocycles. The maximum atomic E-state index is 12.2. The Morgan fingerprint density at radius 3 is 2.75 bits per heavy atom. The van der Waals surface area contributed by atoms with Crippen LogP contribution >= 0.6 is 0 Å². The molecule has 2 rings (SSSR count). The quantitative estimate of drug-likeness (QED) is 0.836. The minimum absolute atomic E-state index is 0.163. The zero-order valence-corrected chi connectivity index (χ0v) is 12.5. The highest BCUT2D eigenvalue weighted by atomic mass is 16.5. The van der Waals surface area contributed by atoms with Crippen molar-refractivity contribution in [3.8, 4) is 0 Å². The van der Waals surface area contributed by atoms with Crippen LogP contribution in [-0.2, 0) is 9.53 Å². The summed E-state index contributed by atoms with van der Waals surface area (Å²) in [6.45, 7) is 4.33. The molecular formula is C17H25NO2. The Morgan fingerprint density at radius 1 is 1.35 bits per heavy atom. The number of aryl methyl sites for hydroxylation is 1. The monoisotopic (exact) mass is 275 g/mol. The predicted octanol–water partition coefficient (Wildman–Crippen LogP) is 3.52. The molecule has 0 aliphatic heterocycles. The van der Waals surface area contributed by atoms with E-state index in [1.165, 1.54) is 24.8 Å². The predicted molar refractivity (Wildman–Crippen MR) is 80.6 cm³/mol. The molecule has 3 nitrogen and oxygen atoms in total. The topological polar surface area (TPSA) is 38.3 Å². The maximum absolute atomic E-state index is 12.2. The van der Waals surface area contributed by atoms with E-state index >= 15 is 0 Å². The zero-order chi connectivity index (χ0) is 14.4. The van der Waals surface area contributed by atoms with E-state index in [1.54, 1.807) is 0 Å². The molecule has 1 unspecified atom stereocenters. The van der Waals surface area contributed by atoms with Gasteiger partial charge in [-0.15, -0.1) is 0 Å². The smallest absolute Gasteiger partial charge is 0.327 e. The molecule has 0 heterocycles. The van der Waals surface area contributed by atoms with E-state index in [4.69, 9.17) is 4.74 Å². The van der Waals surface area contributed by atoms with Gasteiger partial charge in [-0.25, -0.2) is 4.79 Å². The summed E-state index contributed by atoms with van der Waals surface area (Å²) in [5, 5.41) is 3.51. The van der Waals surface area contributed by atoms with Gasteiger partial charge >= 0.3 is 5.97 Å². The first-order valence-electron chi connectivity index (χ1n) is 7.70. The van der Waals surface area contributed by atoms with Gasteiger partial charge in [0.25, 0.3) is 0 Å². The molecule has 0 saturated heterocycles. The fourth-order valence-electron chi connectivity index (χ4n) is 2.88. The normalized spacial score (nSPS) is 17.7. The fourth-order valence-corrected chi connectivity index (χ4v) is 2.88. The summed E-state index contributed by atoms with van der Waals surface area (Å²) in [7, 11) is 0. The lowest BCUT2D eigenvalue weighted by atomic mass is 9.93. The van der Waals surface area contributed by atoms with Crippen molar-refractivity contribution < 1.29 is 9.53 Å². The molecule has 110 valence electrons. The molecule has 1 aliphatic carbocycles. The van der Waals surface area contributed by atoms with Crippen LogP contribution < -0.4 is 5.32 Å². The lowest BCUT2D eigenvalue weighted by Crippen LogP contribution is -2.39. The summed E-state index contributed by atoms with van der Waals surface area (Å²) in [4.78, 5) is 12.2. The third-order valence-electron chi connectivity index (χ3n) is 3.91. The van der Waals surface area contributed by atoms with Crippen molar-refractivity contribution in [3.63, 3.8) is 0 Å². The lowest BCUT2D eigenvalue weighted by Gasteiger charge is -2.27. The Hall–Kier alpha value is -1.35. The van der Waals surface area contributed by atoms with Gasteiger partial charge in [0.1, 0.15) is 6.04 Å². The molecular weight excluding hydrogens is 250 g/mol. The molecule has 1 atom stereocenters. The molecule has 0 aromatic heterocycles. The average molecular weight is 275 g/mol. The molecule has 3 heteroatoms. The second-order valence-electron chi connectivity index (χ2n) is 5.60. The van der Waals surface area contributed by atoms with E-state index < -0.39 is 0 Å². The summed E-state index contributed by atoms with van der Waals surface area (Å²) < 4.78 is 5.24. The Balaban J connectivity index is 2.13. The molecule has 1 N–H and O–H groups in total. The molecule has 1 fully saturated rings. The standard InChI is InChI=1S/C17H25NO2/c1-3-20-17(19)16(14-9-7-8-13(2)12-14)18-15-10-5-4-6-11-15/h7-9,12,15-16,18H,3-6,10-11H2,1-2H3. The Bertz CT molecular complexity index is 438. The first-order chi connectivity index (χ1) is 9.70. The van der Waals surface area contributed by atoms with Crippen molar-refractivity contribution in [1.82, 2.24) is 5.32 Å². The van der Waals surface area contributed by atoms with Crippen molar-refractivity contribution in [3.05, 3.63) is 35.4 Å². The largest absolute Gasteiger partial charge is 0.465 e. The third kappa shape index (κ3) is 4.07. The van der Waals surface area contributed by atoms with Crippen molar-refractivity contribution in [2.45, 2.75) is 58.0 Å². The molecule has 0 radical (unpaired) electrons. The van der Waals surface area contributed by atoms with Gasteiger partial charge in [0.15, 0.2) is 0 Å². The summed E-state index contributed by atoms with van der Waals surface area (Å²) in [6.07, 6.45) is 6.12. The molecule has 0 bridgehead atoms. The number of rotatable bonds is 5. The number of ether oxygens (including phenoxy) is 1. The van der Waals surface area contributed by atoms with Crippen LogP contribution in [0.25, 0.3) is 0 Å². The maximum Gasteiger partial charge on any atom is 0.327 e. The number of carbonyl (C=O) groups is 1. The highest BCUT2D eigenvalue weighted by molar-refractivity contribution is 5.77. The molecule has 0 spiro atoms. The first-order valence-corrected chi connectivity index (χ1v) is 7.70. The van der Waals surface area contributed by atoms with Crippen LogP contribution in [0.15, 0.2) is 24.3 Å². The second kappa shape index (κ2) is 7.44. The van der Waals surface area contributed by atoms with Crippen LogP contribution in [0.5, 0.6) is 0 Å². The third-order valence-corrected chi connectivity index (χ3v) is 3.91. The van der Waals surface area contributed by atoms with Crippen molar-refractivity contribution in [2.75, 3.05) is 6.61 Å². The van der Waals surface area contributed by atoms with Crippen LogP contribution in [0.4, 0.5) is 0 Å². The van der Waals surface area contributed by atoms with E-state index in [0.717, 1.165) is 18.4 Å². The number of hydrogen-bond acceptors (Lipinski definition) is 3. The Morgan fingerprint density at radius 2 is 2.10 bits per heavy atom. The minimum Gasteiger partial charge on any atom is -0.465 e. The summed E-state index contributed by atoms with van der Waals surface area (Å²) in [6, 6.07) is 8.21. The van der Waals surface area contributed by atoms with Crippen molar-refractivity contribution in [1.29, 1.82) is 0 Å². The van der Waals surface area contributed by atoms with Crippen LogP contribution in [0.2, 0.25) is 0 Å². The highest BCUT2D eigenvalue weighted by Crippen LogP contribution is 2.23. The second-order valence-corrected chi connectivity index (χ2v) is 5.60. The minimum atomic E-state index is -0.335. The van der Waals surface area contributed by atoms with Gasteiger partial charge in [-0.3, -0.25) is 5.32 Å². The summed E-state index contributed by atoms with van der Waals surface area (Å²) in [5.41, 5.74) is 2.18. The molecule has 20 heavy (non-hydrogen) atoms. The average Bonchev–Trinajstić information content (AvgIpc) is 2.46. The van der Waals surface area contributed by atoms with Gasteiger partial charge in [0.05, 0.1) is 6.61 Å². The first kappa shape index (κ1) is 15.0. The van der Waals surface area contributed by atoms with E-state index in [0.29, 0.717) is 12.6 Å². The summed E-state index contributed by atoms with van der Waals surface area (Å²) in [5.74, 6) is -0.163. The molecule has 0 amide bonds. The van der Waals surface area contributed by atoms with Crippen LogP contribution in [-0.4, -0.2) is 18.6 Å². The Kier molecular flexibility index (Phi) is 5.60. The van der Waals surface area contributed by atoms with Gasteiger partial charge in [-0.05, 0) is 32.3 Å². The number of nitrogens with one attached hydrogen (secondary N) is 1. The zero-order valence-electron chi connectivity index (χ0n) is 12.5. The van der Waals surface area contributed by atoms with Crippen LogP contribution in [0.3, 0.4) is 0 Å². The molecule has 1 aromatic rings. The van der Waals surface area contributed by atoms with Gasteiger partial charge < -0.3 is 4.74 Å². The number of hydrogen-bond donors (Lipinski definition) is 1. The number of carbonyl (C=O) groups excluding carboxylic acids is 1. The Labute approximate surface area is 121 Å². The van der Waals surface area contributed by atoms with Gasteiger partial charge in [-0.2, -0.15) is 0 Å². The fraction of sp³-hybridized carbons (Fsp3) is 0.588. The van der Waals surface area contributed by atoms with Crippen molar-refractivity contribution >= 4 is 5.97 Å².